The fourth-order valence-electron chi connectivity index (χ4n) is 2.76. The minimum absolute atomic E-state index is 0.0149. The highest BCUT2D eigenvalue weighted by molar-refractivity contribution is 5.97. The third-order valence-corrected chi connectivity index (χ3v) is 4.03. The summed E-state index contributed by atoms with van der Waals surface area (Å²) in [6.07, 6.45) is -0.203. The van der Waals surface area contributed by atoms with Gasteiger partial charge < -0.3 is 19.5 Å². The SMILES string of the molecule is CCO[C@@H](C)c1noc(CN2C[C@H](C)C(=O)Nc3ccccc32)n1. The van der Waals surface area contributed by atoms with Gasteiger partial charge in [0.1, 0.15) is 6.10 Å². The van der Waals surface area contributed by atoms with Crippen LogP contribution in [-0.4, -0.2) is 29.2 Å². The lowest BCUT2D eigenvalue weighted by atomic mass is 10.1. The van der Waals surface area contributed by atoms with E-state index in [1.165, 1.54) is 0 Å². The lowest BCUT2D eigenvalue weighted by Gasteiger charge is -2.23. The Hall–Kier alpha value is -2.41. The summed E-state index contributed by atoms with van der Waals surface area (Å²) in [6, 6.07) is 7.73. The van der Waals surface area contributed by atoms with E-state index in [1.807, 2.05) is 45.0 Å². The molecule has 3 rings (SSSR count). The molecule has 0 saturated heterocycles. The first-order chi connectivity index (χ1) is 11.6. The summed E-state index contributed by atoms with van der Waals surface area (Å²) in [5, 5.41) is 6.95. The second-order valence-corrected chi connectivity index (χ2v) is 5.93. The Kier molecular flexibility index (Phi) is 4.80. The predicted molar refractivity (Wildman–Crippen MR) is 89.6 cm³/mol. The number of benzene rings is 1. The molecule has 1 aromatic carbocycles. The van der Waals surface area contributed by atoms with Crippen LogP contribution in [0.15, 0.2) is 28.8 Å². The number of fused-ring (bicyclic) bond motifs is 1. The molecule has 1 aromatic heterocycles. The van der Waals surface area contributed by atoms with Gasteiger partial charge in [-0.3, -0.25) is 4.79 Å². The molecule has 7 heteroatoms. The Balaban J connectivity index is 1.82. The summed E-state index contributed by atoms with van der Waals surface area (Å²) >= 11 is 0. The van der Waals surface area contributed by atoms with Crippen molar-refractivity contribution in [1.29, 1.82) is 0 Å². The van der Waals surface area contributed by atoms with Gasteiger partial charge in [-0.25, -0.2) is 0 Å². The molecule has 128 valence electrons. The highest BCUT2D eigenvalue weighted by atomic mass is 16.5. The molecule has 1 aliphatic rings. The molecule has 1 aliphatic heterocycles. The van der Waals surface area contributed by atoms with Crippen molar-refractivity contribution in [3.63, 3.8) is 0 Å². The second-order valence-electron chi connectivity index (χ2n) is 5.93. The van der Waals surface area contributed by atoms with E-state index in [-0.39, 0.29) is 17.9 Å². The molecule has 0 saturated carbocycles. The first-order valence-electron chi connectivity index (χ1n) is 8.17. The molecular formula is C17H22N4O3. The normalized spacial score (nSPS) is 18.7. The Morgan fingerprint density at radius 1 is 1.46 bits per heavy atom. The van der Waals surface area contributed by atoms with Crippen LogP contribution in [-0.2, 0) is 16.1 Å². The number of aromatic nitrogens is 2. The topological polar surface area (TPSA) is 80.5 Å². The van der Waals surface area contributed by atoms with Crippen molar-refractivity contribution >= 4 is 17.3 Å². The van der Waals surface area contributed by atoms with Crippen molar-refractivity contribution < 1.29 is 14.1 Å². The summed E-state index contributed by atoms with van der Waals surface area (Å²) in [4.78, 5) is 18.6. The van der Waals surface area contributed by atoms with Gasteiger partial charge in [-0.05, 0) is 26.0 Å². The van der Waals surface area contributed by atoms with Crippen LogP contribution >= 0.6 is 0 Å². The van der Waals surface area contributed by atoms with E-state index in [9.17, 15) is 4.79 Å². The molecule has 1 amide bonds. The molecule has 2 heterocycles. The number of hydrogen-bond acceptors (Lipinski definition) is 6. The molecule has 0 spiro atoms. The van der Waals surface area contributed by atoms with Crippen LogP contribution in [0.1, 0.15) is 38.6 Å². The lowest BCUT2D eigenvalue weighted by molar-refractivity contribution is -0.119. The predicted octanol–water partition coefficient (Wildman–Crippen LogP) is 2.76. The fourth-order valence-corrected chi connectivity index (χ4v) is 2.76. The molecule has 0 radical (unpaired) electrons. The lowest BCUT2D eigenvalue weighted by Crippen LogP contribution is -2.30. The van der Waals surface area contributed by atoms with E-state index in [0.717, 1.165) is 11.4 Å². The molecule has 0 bridgehead atoms. The minimum atomic E-state index is -0.203. The van der Waals surface area contributed by atoms with Gasteiger partial charge in [0.05, 0.1) is 23.8 Å². The molecule has 7 nitrogen and oxygen atoms in total. The molecular weight excluding hydrogens is 308 g/mol. The van der Waals surface area contributed by atoms with Gasteiger partial charge in [0.2, 0.25) is 11.8 Å². The molecule has 2 atom stereocenters. The summed E-state index contributed by atoms with van der Waals surface area (Å²) in [5.41, 5.74) is 1.75. The highest BCUT2D eigenvalue weighted by Gasteiger charge is 2.26. The van der Waals surface area contributed by atoms with Crippen LogP contribution in [0.2, 0.25) is 0 Å². The average Bonchev–Trinajstić information content (AvgIpc) is 2.99. The van der Waals surface area contributed by atoms with Gasteiger partial charge in [-0.2, -0.15) is 4.98 Å². The van der Waals surface area contributed by atoms with E-state index in [4.69, 9.17) is 9.26 Å². The highest BCUT2D eigenvalue weighted by Crippen LogP contribution is 2.30. The van der Waals surface area contributed by atoms with Crippen LogP contribution in [0.25, 0.3) is 0 Å². The van der Waals surface area contributed by atoms with E-state index >= 15 is 0 Å². The third-order valence-electron chi connectivity index (χ3n) is 4.03. The Bertz CT molecular complexity index is 715. The summed E-state index contributed by atoms with van der Waals surface area (Å²) in [7, 11) is 0. The van der Waals surface area contributed by atoms with Gasteiger partial charge in [-0.1, -0.05) is 24.2 Å². The molecule has 2 aromatic rings. The maximum absolute atomic E-state index is 12.1. The molecule has 0 unspecified atom stereocenters. The van der Waals surface area contributed by atoms with Crippen LogP contribution in [0.4, 0.5) is 11.4 Å². The van der Waals surface area contributed by atoms with Crippen molar-refractivity contribution in [2.75, 3.05) is 23.4 Å². The number of rotatable bonds is 5. The Labute approximate surface area is 141 Å². The van der Waals surface area contributed by atoms with Gasteiger partial charge in [0.15, 0.2) is 5.82 Å². The standard InChI is InChI=1S/C17H22N4O3/c1-4-23-12(3)16-19-15(24-20-16)10-21-9-11(2)17(22)18-13-7-5-6-8-14(13)21/h5-8,11-12H,4,9-10H2,1-3H3,(H,18,22)/t11-,12-/m0/s1. The van der Waals surface area contributed by atoms with Gasteiger partial charge in [0, 0.05) is 13.2 Å². The van der Waals surface area contributed by atoms with Gasteiger partial charge in [0.25, 0.3) is 0 Å². The number of carbonyl (C=O) groups excluding carboxylic acids is 1. The summed E-state index contributed by atoms with van der Waals surface area (Å²) in [5.74, 6) is 0.924. The van der Waals surface area contributed by atoms with E-state index in [2.05, 4.69) is 20.4 Å². The molecule has 1 N–H and O–H groups in total. The molecule has 24 heavy (non-hydrogen) atoms. The summed E-state index contributed by atoms with van der Waals surface area (Å²) in [6.45, 7) is 7.35. The first-order valence-corrected chi connectivity index (χ1v) is 8.17. The number of hydrogen-bond donors (Lipinski definition) is 1. The first kappa shape index (κ1) is 16.4. The number of nitrogens with one attached hydrogen (secondary N) is 1. The Morgan fingerprint density at radius 3 is 3.04 bits per heavy atom. The molecule has 0 fully saturated rings. The Morgan fingerprint density at radius 2 is 2.25 bits per heavy atom. The zero-order valence-electron chi connectivity index (χ0n) is 14.2. The van der Waals surface area contributed by atoms with Crippen LogP contribution in [0.5, 0.6) is 0 Å². The number of para-hydroxylation sites is 2. The van der Waals surface area contributed by atoms with Crippen molar-refractivity contribution in [1.82, 2.24) is 10.1 Å². The van der Waals surface area contributed by atoms with Gasteiger partial charge in [-0.15, -0.1) is 0 Å². The maximum atomic E-state index is 12.1. The van der Waals surface area contributed by atoms with Crippen LogP contribution < -0.4 is 10.2 Å². The fraction of sp³-hybridized carbons (Fsp3) is 0.471. The zero-order chi connectivity index (χ0) is 17.1. The van der Waals surface area contributed by atoms with Gasteiger partial charge >= 0.3 is 0 Å². The number of ether oxygens (including phenoxy) is 1. The zero-order valence-corrected chi connectivity index (χ0v) is 14.2. The van der Waals surface area contributed by atoms with Crippen LogP contribution in [0, 0.1) is 5.92 Å². The van der Waals surface area contributed by atoms with Crippen molar-refractivity contribution in [3.05, 3.63) is 36.0 Å². The van der Waals surface area contributed by atoms with Crippen molar-refractivity contribution in [3.8, 4) is 0 Å². The quantitative estimate of drug-likeness (QED) is 0.908. The second kappa shape index (κ2) is 7.00. The largest absolute Gasteiger partial charge is 0.371 e. The smallest absolute Gasteiger partial charge is 0.246 e. The van der Waals surface area contributed by atoms with E-state index in [0.29, 0.717) is 31.4 Å². The number of anilines is 2. The van der Waals surface area contributed by atoms with E-state index < -0.39 is 0 Å². The van der Waals surface area contributed by atoms with E-state index in [1.54, 1.807) is 0 Å². The minimum Gasteiger partial charge on any atom is -0.371 e. The summed E-state index contributed by atoms with van der Waals surface area (Å²) < 4.78 is 10.8. The van der Waals surface area contributed by atoms with Crippen molar-refractivity contribution in [2.24, 2.45) is 5.92 Å². The number of nitrogens with zero attached hydrogens (tertiary/aromatic N) is 3. The molecule has 0 aliphatic carbocycles. The number of amides is 1. The average molecular weight is 330 g/mol. The number of carbonyl (C=O) groups is 1. The third kappa shape index (κ3) is 3.41. The van der Waals surface area contributed by atoms with Crippen LogP contribution in [0.3, 0.4) is 0 Å². The van der Waals surface area contributed by atoms with Crippen molar-refractivity contribution in [2.45, 2.75) is 33.4 Å². The maximum Gasteiger partial charge on any atom is 0.246 e. The monoisotopic (exact) mass is 330 g/mol.